The summed E-state index contributed by atoms with van der Waals surface area (Å²) in [7, 11) is 1.24. The van der Waals surface area contributed by atoms with E-state index in [2.05, 4.69) is 15.5 Å². The molecule has 0 unspecified atom stereocenters. The highest BCUT2D eigenvalue weighted by molar-refractivity contribution is 8.00. The van der Waals surface area contributed by atoms with Gasteiger partial charge in [0.15, 0.2) is 29.2 Å². The molecule has 2 amide bonds. The number of amidine groups is 1. The van der Waals surface area contributed by atoms with Crippen LogP contribution in [0.25, 0.3) is 5.65 Å². The Kier molecular flexibility index (Phi) is 7.82. The van der Waals surface area contributed by atoms with E-state index in [4.69, 9.17) is 33.3 Å². The summed E-state index contributed by atoms with van der Waals surface area (Å²) in [5, 5.41) is 27.5. The first-order chi connectivity index (χ1) is 21.1. The average molecular weight is 675 g/mol. The van der Waals surface area contributed by atoms with Crippen LogP contribution in [0.3, 0.4) is 0 Å². The number of oxime groups is 1. The molecule has 1 fully saturated rings. The molecule has 15 nitrogen and oxygen atoms in total. The molecule has 2 aliphatic heterocycles. The van der Waals surface area contributed by atoms with Crippen molar-refractivity contribution >= 4 is 86.1 Å². The molecule has 2 atom stereocenters. The van der Waals surface area contributed by atoms with Crippen molar-refractivity contribution in [2.45, 2.75) is 24.5 Å². The first-order valence-corrected chi connectivity index (χ1v) is 15.9. The normalized spacial score (nSPS) is 18.4. The van der Waals surface area contributed by atoms with Crippen molar-refractivity contribution in [1.29, 1.82) is 5.41 Å². The molecule has 4 aromatic rings. The van der Waals surface area contributed by atoms with Crippen molar-refractivity contribution in [3.63, 3.8) is 0 Å². The minimum atomic E-state index is -1.49. The maximum absolute atomic E-state index is 13.2. The van der Waals surface area contributed by atoms with Gasteiger partial charge in [0.1, 0.15) is 34.4 Å². The predicted octanol–water partition coefficient (Wildman–Crippen LogP) is -0.431. The first kappa shape index (κ1) is 29.7. The molecular formula is C25H23ClN10O5S3. The number of halogens is 1. The van der Waals surface area contributed by atoms with Gasteiger partial charge in [0.2, 0.25) is 0 Å². The van der Waals surface area contributed by atoms with E-state index >= 15 is 0 Å². The number of fused-ring (bicyclic) bond motifs is 2. The summed E-state index contributed by atoms with van der Waals surface area (Å²) in [6.45, 7) is 0.751. The van der Waals surface area contributed by atoms with Gasteiger partial charge in [0, 0.05) is 33.3 Å². The monoisotopic (exact) mass is 674 g/mol. The molecule has 0 radical (unpaired) electrons. The fourth-order valence-corrected chi connectivity index (χ4v) is 8.17. The molecule has 0 spiro atoms. The lowest BCUT2D eigenvalue weighted by molar-refractivity contribution is -0.753. The van der Waals surface area contributed by atoms with Gasteiger partial charge in [-0.1, -0.05) is 28.1 Å². The third-order valence-electron chi connectivity index (χ3n) is 6.98. The summed E-state index contributed by atoms with van der Waals surface area (Å²) in [5.41, 5.74) is 12.8. The lowest BCUT2D eigenvalue weighted by Gasteiger charge is -2.50. The molecule has 0 aromatic carbocycles. The Morgan fingerprint density at radius 3 is 2.84 bits per heavy atom. The van der Waals surface area contributed by atoms with Crippen LogP contribution < -0.4 is 26.6 Å². The molecular weight excluding hydrogens is 652 g/mol. The largest absolute Gasteiger partial charge is 0.543 e. The minimum absolute atomic E-state index is 0.00613. The number of β-lactam (4-membered cyclic amide) rings is 1. The summed E-state index contributed by atoms with van der Waals surface area (Å²) in [6.07, 6.45) is 5.58. The molecule has 44 heavy (non-hydrogen) atoms. The second kappa shape index (κ2) is 11.6. The third-order valence-corrected chi connectivity index (χ3v) is 10.3. The highest BCUT2D eigenvalue weighted by Gasteiger charge is 2.53. The molecule has 1 saturated heterocycles. The Morgan fingerprint density at radius 1 is 1.39 bits per heavy atom. The van der Waals surface area contributed by atoms with Gasteiger partial charge in [-0.2, -0.15) is 0 Å². The van der Waals surface area contributed by atoms with Crippen LogP contribution in [0.2, 0.25) is 4.34 Å². The highest BCUT2D eigenvalue weighted by atomic mass is 35.5. The molecule has 6 heterocycles. The van der Waals surface area contributed by atoms with Gasteiger partial charge >= 0.3 is 0 Å². The van der Waals surface area contributed by atoms with E-state index < -0.39 is 29.2 Å². The zero-order valence-corrected chi connectivity index (χ0v) is 25.9. The number of imidazole rings is 1. The van der Waals surface area contributed by atoms with Crippen molar-refractivity contribution in [2.24, 2.45) is 10.9 Å². The number of carboxylic acids is 1. The highest BCUT2D eigenvalue weighted by Crippen LogP contribution is 2.40. The number of nitrogens with one attached hydrogen (secondary N) is 2. The molecule has 6 rings (SSSR count). The zero-order chi connectivity index (χ0) is 31.3. The number of amides is 2. The number of carboxylic acid groups (broad SMARTS) is 1. The molecule has 0 saturated carbocycles. The predicted molar refractivity (Wildman–Crippen MR) is 162 cm³/mol. The number of aromatic nitrogens is 4. The van der Waals surface area contributed by atoms with E-state index in [1.165, 1.54) is 30.2 Å². The maximum Gasteiger partial charge on any atom is 0.276 e. The Hall–Kier alpha value is -4.39. The SMILES string of the molecule is CO/N=C(\C(=O)N[C@@H]1C(=O)N2C(C(=O)[O-])=C(C[n+]3ccc4n(Cc5cc(C(=N)N)cs5)ccn43)CS[C@H]12)c1nc(N)sc1Cl. The maximum atomic E-state index is 13.2. The Morgan fingerprint density at radius 2 is 2.18 bits per heavy atom. The van der Waals surface area contributed by atoms with Gasteiger partial charge in [-0.25, -0.2) is 4.98 Å². The van der Waals surface area contributed by atoms with E-state index in [1.54, 1.807) is 0 Å². The zero-order valence-electron chi connectivity index (χ0n) is 22.7. The van der Waals surface area contributed by atoms with Crippen LogP contribution in [-0.4, -0.2) is 72.6 Å². The van der Waals surface area contributed by atoms with Crippen molar-refractivity contribution in [3.8, 4) is 0 Å². The number of thiazole rings is 1. The smallest absolute Gasteiger partial charge is 0.276 e. The van der Waals surface area contributed by atoms with Gasteiger partial charge in [0.05, 0.1) is 30.5 Å². The molecule has 6 N–H and O–H groups in total. The number of hydrogen-bond acceptors (Lipinski definition) is 12. The van der Waals surface area contributed by atoms with Gasteiger partial charge in [-0.05, 0) is 6.07 Å². The average Bonchev–Trinajstić information content (AvgIpc) is 3.77. The van der Waals surface area contributed by atoms with Gasteiger partial charge in [-0.3, -0.25) is 19.9 Å². The van der Waals surface area contributed by atoms with Crippen molar-refractivity contribution < 1.29 is 29.0 Å². The Bertz CT molecular complexity index is 1910. The number of nitrogens with two attached hydrogens (primary N) is 2. The van der Waals surface area contributed by atoms with Crippen molar-refractivity contribution in [2.75, 3.05) is 18.6 Å². The number of carbonyl (C=O) groups is 3. The van der Waals surface area contributed by atoms with Gasteiger partial charge in [-0.15, -0.1) is 32.3 Å². The number of nitrogens with zero attached hydrogens (tertiary/aromatic N) is 6. The molecule has 0 bridgehead atoms. The number of thioether (sulfide) groups is 1. The van der Waals surface area contributed by atoms with Crippen molar-refractivity contribution in [1.82, 2.24) is 24.3 Å². The number of nitrogen functional groups attached to an aromatic ring is 2. The van der Waals surface area contributed by atoms with Crippen molar-refractivity contribution in [3.05, 3.63) is 67.8 Å². The van der Waals surface area contributed by atoms with Gasteiger partial charge in [0.25, 0.3) is 11.8 Å². The number of aliphatic carboxylic acids is 1. The standard InChI is InChI=1S/C25H23ClN10O5S3/c1-41-32-16(15-19(26)44-25(29)31-15)21(37)30-17-22(38)36-18(24(39)40)12(10-43-23(17)36)7-34-3-2-14-33(4-5-35(14)34)8-13-6-11(9-42-13)20(27)28/h2-6,9,17,23H,7-8,10H2,1H3,(H6-,27,28,29,30,31,37,39,40)/b32-16-/t17-,23-/m1/s1. The van der Waals surface area contributed by atoms with E-state index in [0.717, 1.165) is 26.8 Å². The topological polar surface area (TPSA) is 213 Å². The summed E-state index contributed by atoms with van der Waals surface area (Å²) < 4.78 is 5.85. The lowest BCUT2D eigenvalue weighted by Crippen LogP contribution is -2.71. The number of carbonyl (C=O) groups excluding carboxylic acids is 3. The summed E-state index contributed by atoms with van der Waals surface area (Å²) in [4.78, 5) is 49.6. The fraction of sp³-hybridized carbons (Fsp3) is 0.240. The lowest BCUT2D eigenvalue weighted by atomic mass is 10.0. The number of anilines is 1. The summed E-state index contributed by atoms with van der Waals surface area (Å²) in [5.74, 6) is -2.58. The number of rotatable bonds is 10. The Labute approximate surface area is 265 Å². The molecule has 0 aliphatic carbocycles. The van der Waals surface area contributed by atoms with E-state index in [1.807, 2.05) is 49.9 Å². The van der Waals surface area contributed by atoms with Gasteiger partial charge < -0.3 is 36.1 Å². The quantitative estimate of drug-likeness (QED) is 0.0564. The minimum Gasteiger partial charge on any atom is -0.543 e. The second-order valence-electron chi connectivity index (χ2n) is 9.65. The number of thiophene rings is 1. The fourth-order valence-electron chi connectivity index (χ4n) is 5.02. The first-order valence-electron chi connectivity index (χ1n) is 12.8. The molecule has 4 aromatic heterocycles. The number of hydrogen-bond donors (Lipinski definition) is 4. The van der Waals surface area contributed by atoms with Crippen LogP contribution in [0, 0.1) is 5.41 Å². The van der Waals surface area contributed by atoms with Crippen LogP contribution in [0.4, 0.5) is 5.13 Å². The van der Waals surface area contributed by atoms with Crippen LogP contribution in [0.15, 0.2) is 52.5 Å². The third kappa shape index (κ3) is 5.18. The molecule has 19 heteroatoms. The van der Waals surface area contributed by atoms with E-state index in [0.29, 0.717) is 17.7 Å². The van der Waals surface area contributed by atoms with Crippen LogP contribution >= 0.6 is 46.0 Å². The summed E-state index contributed by atoms with van der Waals surface area (Å²) >= 11 is 9.92. The summed E-state index contributed by atoms with van der Waals surface area (Å²) in [6, 6.07) is 2.75. The van der Waals surface area contributed by atoms with E-state index in [9.17, 15) is 19.5 Å². The molecule has 228 valence electrons. The Balaban J connectivity index is 1.20. The van der Waals surface area contributed by atoms with Crippen LogP contribution in [-0.2, 0) is 32.3 Å². The van der Waals surface area contributed by atoms with Crippen LogP contribution in [0.5, 0.6) is 0 Å². The molecule has 2 aliphatic rings. The van der Waals surface area contributed by atoms with Crippen LogP contribution in [0.1, 0.15) is 16.1 Å². The second-order valence-corrected chi connectivity index (χ2v) is 13.4. The van der Waals surface area contributed by atoms with E-state index in [-0.39, 0.29) is 44.7 Å².